The summed E-state index contributed by atoms with van der Waals surface area (Å²) >= 11 is 5.19. The van der Waals surface area contributed by atoms with E-state index in [9.17, 15) is 9.90 Å². The van der Waals surface area contributed by atoms with E-state index >= 15 is 0 Å². The molecule has 21 heavy (non-hydrogen) atoms. The van der Waals surface area contributed by atoms with Gasteiger partial charge in [-0.25, -0.2) is 0 Å². The average Bonchev–Trinajstić information content (AvgIpc) is 2.49. The predicted molar refractivity (Wildman–Crippen MR) is 90.8 cm³/mol. The molecule has 1 unspecified atom stereocenters. The van der Waals surface area contributed by atoms with Gasteiger partial charge in [-0.05, 0) is 42.4 Å². The first-order valence-electron chi connectivity index (χ1n) is 6.81. The van der Waals surface area contributed by atoms with Gasteiger partial charge in [0.2, 0.25) is 0 Å². The number of hydrogen-bond donors (Lipinski definition) is 1. The first-order chi connectivity index (χ1) is 10.2. The SMILES string of the molecule is O=C(O)C(CCSc1ccccc1)Cc1ccccc1Br. The predicted octanol–water partition coefficient (Wildman–Crippen LogP) is 4.87. The lowest BCUT2D eigenvalue weighted by atomic mass is 9.97. The van der Waals surface area contributed by atoms with Gasteiger partial charge in [-0.15, -0.1) is 11.8 Å². The molecule has 0 spiro atoms. The smallest absolute Gasteiger partial charge is 0.306 e. The van der Waals surface area contributed by atoms with Crippen molar-refractivity contribution in [3.05, 3.63) is 64.6 Å². The number of benzene rings is 2. The van der Waals surface area contributed by atoms with Gasteiger partial charge in [-0.2, -0.15) is 0 Å². The summed E-state index contributed by atoms with van der Waals surface area (Å²) in [6.45, 7) is 0. The van der Waals surface area contributed by atoms with Crippen LogP contribution in [-0.4, -0.2) is 16.8 Å². The minimum Gasteiger partial charge on any atom is -0.481 e. The Kier molecular flexibility index (Phi) is 6.33. The van der Waals surface area contributed by atoms with Crippen LogP contribution in [0.5, 0.6) is 0 Å². The van der Waals surface area contributed by atoms with Crippen molar-refractivity contribution in [1.82, 2.24) is 0 Å². The van der Waals surface area contributed by atoms with Gasteiger partial charge in [-0.3, -0.25) is 4.79 Å². The van der Waals surface area contributed by atoms with Gasteiger partial charge in [0, 0.05) is 9.37 Å². The topological polar surface area (TPSA) is 37.3 Å². The number of aliphatic carboxylic acids is 1. The van der Waals surface area contributed by atoms with Crippen molar-refractivity contribution in [2.75, 3.05) is 5.75 Å². The summed E-state index contributed by atoms with van der Waals surface area (Å²) in [5.74, 6) is -0.259. The molecule has 2 aromatic rings. The van der Waals surface area contributed by atoms with Crippen LogP contribution in [0, 0.1) is 5.92 Å². The molecule has 0 aromatic heterocycles. The summed E-state index contributed by atoms with van der Waals surface area (Å²) in [6, 6.07) is 17.9. The Morgan fingerprint density at radius 1 is 1.10 bits per heavy atom. The number of hydrogen-bond acceptors (Lipinski definition) is 2. The largest absolute Gasteiger partial charge is 0.481 e. The molecule has 2 nitrogen and oxygen atoms in total. The Morgan fingerprint density at radius 2 is 1.76 bits per heavy atom. The van der Waals surface area contributed by atoms with Gasteiger partial charge in [0.05, 0.1) is 5.92 Å². The number of thioether (sulfide) groups is 1. The van der Waals surface area contributed by atoms with E-state index in [1.807, 2.05) is 54.6 Å². The van der Waals surface area contributed by atoms with Crippen molar-refractivity contribution < 1.29 is 9.90 Å². The van der Waals surface area contributed by atoms with Crippen LogP contribution in [0.4, 0.5) is 0 Å². The lowest BCUT2D eigenvalue weighted by Gasteiger charge is -2.13. The molecule has 0 saturated heterocycles. The second-order valence-electron chi connectivity index (χ2n) is 4.78. The fourth-order valence-electron chi connectivity index (χ4n) is 2.08. The number of rotatable bonds is 7. The van der Waals surface area contributed by atoms with Crippen LogP contribution in [0.25, 0.3) is 0 Å². The van der Waals surface area contributed by atoms with E-state index in [4.69, 9.17) is 0 Å². The standard InChI is InChI=1S/C17H17BrO2S/c18-16-9-5-4-6-13(16)12-14(17(19)20)10-11-21-15-7-2-1-3-8-15/h1-9,14H,10-12H2,(H,19,20). The molecular weight excluding hydrogens is 348 g/mol. The molecule has 110 valence electrons. The number of carbonyl (C=O) groups is 1. The molecule has 0 aliphatic rings. The van der Waals surface area contributed by atoms with Crippen molar-refractivity contribution in [1.29, 1.82) is 0 Å². The van der Waals surface area contributed by atoms with Crippen molar-refractivity contribution in [3.63, 3.8) is 0 Å². The summed E-state index contributed by atoms with van der Waals surface area (Å²) in [5.41, 5.74) is 1.05. The lowest BCUT2D eigenvalue weighted by molar-refractivity contribution is -0.141. The van der Waals surface area contributed by atoms with Crippen LogP contribution in [0.1, 0.15) is 12.0 Å². The normalized spacial score (nSPS) is 12.0. The average molecular weight is 365 g/mol. The van der Waals surface area contributed by atoms with Gasteiger partial charge < -0.3 is 5.11 Å². The van der Waals surface area contributed by atoms with Crippen molar-refractivity contribution in [2.45, 2.75) is 17.7 Å². The molecule has 0 bridgehead atoms. The summed E-state index contributed by atoms with van der Waals surface area (Å²) in [4.78, 5) is 12.6. The molecule has 0 aliphatic heterocycles. The molecule has 0 fully saturated rings. The summed E-state index contributed by atoms with van der Waals surface area (Å²) < 4.78 is 0.979. The highest BCUT2D eigenvalue weighted by atomic mass is 79.9. The zero-order chi connectivity index (χ0) is 15.1. The van der Waals surface area contributed by atoms with Gasteiger partial charge in [0.1, 0.15) is 0 Å². The maximum atomic E-state index is 11.4. The Morgan fingerprint density at radius 3 is 2.43 bits per heavy atom. The molecule has 4 heteroatoms. The van der Waals surface area contributed by atoms with Crippen LogP contribution in [0.15, 0.2) is 64.0 Å². The Hall–Kier alpha value is -1.26. The highest BCUT2D eigenvalue weighted by Crippen LogP contribution is 2.24. The molecular formula is C17H17BrO2S. The van der Waals surface area contributed by atoms with Crippen LogP contribution < -0.4 is 0 Å². The lowest BCUT2D eigenvalue weighted by Crippen LogP contribution is -2.17. The zero-order valence-electron chi connectivity index (χ0n) is 11.5. The van der Waals surface area contributed by atoms with Gasteiger partial charge in [0.15, 0.2) is 0 Å². The first kappa shape index (κ1) is 16.1. The maximum Gasteiger partial charge on any atom is 0.306 e. The van der Waals surface area contributed by atoms with E-state index in [1.165, 1.54) is 4.90 Å². The molecule has 0 radical (unpaired) electrons. The van der Waals surface area contributed by atoms with Crippen molar-refractivity contribution in [3.8, 4) is 0 Å². The minimum absolute atomic E-state index is 0.347. The monoisotopic (exact) mass is 364 g/mol. The number of carboxylic acids is 1. The van der Waals surface area contributed by atoms with Crippen molar-refractivity contribution >= 4 is 33.7 Å². The summed E-state index contributed by atoms with van der Waals surface area (Å²) in [5, 5.41) is 9.40. The van der Waals surface area contributed by atoms with Gasteiger partial charge in [0.25, 0.3) is 0 Å². The second kappa shape index (κ2) is 8.25. The van der Waals surface area contributed by atoms with E-state index < -0.39 is 5.97 Å². The molecule has 1 N–H and O–H groups in total. The third-order valence-electron chi connectivity index (χ3n) is 3.25. The molecule has 0 amide bonds. The van der Waals surface area contributed by atoms with Gasteiger partial charge in [-0.1, -0.05) is 52.3 Å². The van der Waals surface area contributed by atoms with Gasteiger partial charge >= 0.3 is 5.97 Å². The zero-order valence-corrected chi connectivity index (χ0v) is 13.9. The highest BCUT2D eigenvalue weighted by molar-refractivity contribution is 9.10. The van der Waals surface area contributed by atoms with Crippen LogP contribution >= 0.6 is 27.7 Å². The van der Waals surface area contributed by atoms with Crippen LogP contribution in [0.3, 0.4) is 0 Å². The van der Waals surface area contributed by atoms with Crippen molar-refractivity contribution in [2.24, 2.45) is 5.92 Å². The summed E-state index contributed by atoms with van der Waals surface area (Å²) in [7, 11) is 0. The van der Waals surface area contributed by atoms with E-state index in [1.54, 1.807) is 11.8 Å². The molecule has 0 heterocycles. The minimum atomic E-state index is -0.723. The molecule has 0 saturated carbocycles. The van der Waals surface area contributed by atoms with E-state index in [-0.39, 0.29) is 5.92 Å². The van der Waals surface area contributed by atoms with Crippen LogP contribution in [0.2, 0.25) is 0 Å². The Bertz CT molecular complexity index is 586. The van der Waals surface area contributed by atoms with E-state index in [2.05, 4.69) is 15.9 Å². The third-order valence-corrected chi connectivity index (χ3v) is 5.07. The van der Waals surface area contributed by atoms with Crippen LogP contribution in [-0.2, 0) is 11.2 Å². The fraction of sp³-hybridized carbons (Fsp3) is 0.235. The molecule has 2 aromatic carbocycles. The Labute approximate surface area is 137 Å². The Balaban J connectivity index is 1.91. The summed E-state index contributed by atoms with van der Waals surface area (Å²) in [6.07, 6.45) is 1.22. The quantitative estimate of drug-likeness (QED) is 0.711. The molecule has 2 rings (SSSR count). The van der Waals surface area contributed by atoms with E-state index in [0.717, 1.165) is 15.8 Å². The third kappa shape index (κ3) is 5.21. The first-order valence-corrected chi connectivity index (χ1v) is 8.58. The molecule has 1 atom stereocenters. The number of halogens is 1. The highest BCUT2D eigenvalue weighted by Gasteiger charge is 2.18. The fourth-order valence-corrected chi connectivity index (χ4v) is 3.51. The van der Waals surface area contributed by atoms with E-state index in [0.29, 0.717) is 12.8 Å². The number of carboxylic acid groups (broad SMARTS) is 1. The second-order valence-corrected chi connectivity index (χ2v) is 6.80. The maximum absolute atomic E-state index is 11.4. The molecule has 0 aliphatic carbocycles.